The van der Waals surface area contributed by atoms with Crippen LogP contribution in [0.5, 0.6) is 0 Å². The Morgan fingerprint density at radius 1 is 1.12 bits per heavy atom. The molecule has 0 atom stereocenters. The Bertz CT molecular complexity index is 606. The van der Waals surface area contributed by atoms with Crippen LogP contribution in [0.3, 0.4) is 0 Å². The zero-order chi connectivity index (χ0) is 18.1. The number of allylic oxidation sites excluding steroid dienone is 1. The van der Waals surface area contributed by atoms with Gasteiger partial charge in [-0.3, -0.25) is 9.59 Å². The fourth-order valence-corrected chi connectivity index (χ4v) is 2.84. The molecule has 0 aliphatic heterocycles. The van der Waals surface area contributed by atoms with Crippen molar-refractivity contribution < 1.29 is 9.59 Å². The van der Waals surface area contributed by atoms with Crippen molar-refractivity contribution in [2.75, 3.05) is 18.4 Å². The molecule has 3 N–H and O–H groups in total. The molecule has 0 aromatic heterocycles. The van der Waals surface area contributed by atoms with Crippen molar-refractivity contribution in [3.05, 3.63) is 41.5 Å². The fraction of sp³-hybridized carbons (Fsp3) is 0.500. The number of amides is 2. The van der Waals surface area contributed by atoms with Gasteiger partial charge in [-0.1, -0.05) is 11.6 Å². The predicted molar refractivity (Wildman–Crippen MR) is 102 cm³/mol. The second-order valence-corrected chi connectivity index (χ2v) is 6.79. The average molecular weight is 343 g/mol. The van der Waals surface area contributed by atoms with Crippen molar-refractivity contribution in [2.45, 2.75) is 52.0 Å². The Labute approximate surface area is 150 Å². The Balaban J connectivity index is 1.69. The summed E-state index contributed by atoms with van der Waals surface area (Å²) >= 11 is 0. The summed E-state index contributed by atoms with van der Waals surface area (Å²) in [7, 11) is 0. The van der Waals surface area contributed by atoms with Gasteiger partial charge in [-0.05, 0) is 76.8 Å². The van der Waals surface area contributed by atoms with Crippen LogP contribution >= 0.6 is 0 Å². The summed E-state index contributed by atoms with van der Waals surface area (Å²) in [5.74, 6) is -0.177. The lowest BCUT2D eigenvalue weighted by atomic mass is 9.97. The minimum absolute atomic E-state index is 0.0722. The van der Waals surface area contributed by atoms with Crippen molar-refractivity contribution in [2.24, 2.45) is 0 Å². The largest absolute Gasteiger partial charge is 0.350 e. The van der Waals surface area contributed by atoms with Crippen molar-refractivity contribution in [3.63, 3.8) is 0 Å². The van der Waals surface area contributed by atoms with Gasteiger partial charge in [-0.25, -0.2) is 0 Å². The van der Waals surface area contributed by atoms with Crippen LogP contribution < -0.4 is 16.0 Å². The van der Waals surface area contributed by atoms with Crippen molar-refractivity contribution in [1.29, 1.82) is 0 Å². The maximum absolute atomic E-state index is 12.0. The molecule has 0 saturated heterocycles. The molecular formula is C20H29N3O2. The molecule has 0 saturated carbocycles. The van der Waals surface area contributed by atoms with Crippen LogP contribution in [0.2, 0.25) is 0 Å². The number of hydrogen-bond donors (Lipinski definition) is 3. The van der Waals surface area contributed by atoms with E-state index in [4.69, 9.17) is 0 Å². The molecule has 2 rings (SSSR count). The highest BCUT2D eigenvalue weighted by molar-refractivity contribution is 5.96. The molecule has 25 heavy (non-hydrogen) atoms. The molecule has 1 aromatic rings. The first-order chi connectivity index (χ1) is 12.0. The highest BCUT2D eigenvalue weighted by Crippen LogP contribution is 2.19. The monoisotopic (exact) mass is 343 g/mol. The van der Waals surface area contributed by atoms with Crippen LogP contribution in [0.1, 0.15) is 56.3 Å². The third-order valence-corrected chi connectivity index (χ3v) is 4.14. The van der Waals surface area contributed by atoms with E-state index in [0.717, 1.165) is 13.0 Å². The summed E-state index contributed by atoms with van der Waals surface area (Å²) in [5.41, 5.74) is 2.79. The first-order valence-electron chi connectivity index (χ1n) is 9.14. The van der Waals surface area contributed by atoms with Crippen LogP contribution in [0.25, 0.3) is 0 Å². The van der Waals surface area contributed by atoms with Gasteiger partial charge in [-0.15, -0.1) is 0 Å². The van der Waals surface area contributed by atoms with E-state index in [2.05, 4.69) is 22.0 Å². The summed E-state index contributed by atoms with van der Waals surface area (Å²) < 4.78 is 0. The summed E-state index contributed by atoms with van der Waals surface area (Å²) in [6, 6.07) is 7.04. The summed E-state index contributed by atoms with van der Waals surface area (Å²) in [4.78, 5) is 23.8. The second-order valence-electron chi connectivity index (χ2n) is 6.79. The fourth-order valence-electron chi connectivity index (χ4n) is 2.84. The van der Waals surface area contributed by atoms with Gasteiger partial charge in [0.05, 0.1) is 6.54 Å². The number of carbonyl (C=O) groups excluding carboxylic acids is 2. The second kappa shape index (κ2) is 9.99. The number of nitrogens with one attached hydrogen (secondary N) is 3. The molecule has 1 aliphatic carbocycles. The van der Waals surface area contributed by atoms with E-state index in [-0.39, 0.29) is 17.9 Å². The topological polar surface area (TPSA) is 70.2 Å². The number of rotatable bonds is 8. The molecule has 0 fully saturated rings. The minimum Gasteiger partial charge on any atom is -0.350 e. The zero-order valence-corrected chi connectivity index (χ0v) is 15.2. The third kappa shape index (κ3) is 7.10. The Morgan fingerprint density at radius 3 is 2.52 bits per heavy atom. The van der Waals surface area contributed by atoms with Crippen molar-refractivity contribution in [1.82, 2.24) is 10.6 Å². The normalized spacial score (nSPS) is 14.1. The predicted octanol–water partition coefficient (Wildman–Crippen LogP) is 3.24. The zero-order valence-electron chi connectivity index (χ0n) is 15.2. The maximum atomic E-state index is 12.0. The van der Waals surface area contributed by atoms with Gasteiger partial charge in [0, 0.05) is 17.3 Å². The molecule has 1 aromatic carbocycles. The molecule has 1 aliphatic rings. The van der Waals surface area contributed by atoms with Gasteiger partial charge in [0.15, 0.2) is 0 Å². The third-order valence-electron chi connectivity index (χ3n) is 4.14. The molecule has 0 bridgehead atoms. The van der Waals surface area contributed by atoms with Crippen LogP contribution in [-0.2, 0) is 4.79 Å². The Hall–Kier alpha value is -2.14. The molecule has 2 amide bonds. The highest BCUT2D eigenvalue weighted by Gasteiger charge is 2.08. The molecule has 0 radical (unpaired) electrons. The van der Waals surface area contributed by atoms with Gasteiger partial charge in [0.1, 0.15) is 0 Å². The summed E-state index contributed by atoms with van der Waals surface area (Å²) in [6.45, 7) is 4.96. The van der Waals surface area contributed by atoms with Gasteiger partial charge >= 0.3 is 0 Å². The lowest BCUT2D eigenvalue weighted by Crippen LogP contribution is -2.30. The lowest BCUT2D eigenvalue weighted by molar-refractivity contribution is -0.115. The quantitative estimate of drug-likeness (QED) is 0.501. The first-order valence-corrected chi connectivity index (χ1v) is 9.14. The molecule has 0 spiro atoms. The van der Waals surface area contributed by atoms with Crippen LogP contribution in [-0.4, -0.2) is 30.9 Å². The van der Waals surface area contributed by atoms with E-state index in [1.807, 2.05) is 13.8 Å². The van der Waals surface area contributed by atoms with Gasteiger partial charge in [-0.2, -0.15) is 0 Å². The summed E-state index contributed by atoms with van der Waals surface area (Å²) in [6.07, 6.45) is 8.34. The highest BCUT2D eigenvalue weighted by atomic mass is 16.2. The maximum Gasteiger partial charge on any atom is 0.251 e. The Morgan fingerprint density at radius 2 is 1.88 bits per heavy atom. The first kappa shape index (κ1) is 19.2. The van der Waals surface area contributed by atoms with Crippen molar-refractivity contribution >= 4 is 17.5 Å². The van der Waals surface area contributed by atoms with E-state index in [1.54, 1.807) is 24.3 Å². The average Bonchev–Trinajstić information content (AvgIpc) is 2.60. The van der Waals surface area contributed by atoms with Gasteiger partial charge < -0.3 is 16.0 Å². The number of benzene rings is 1. The van der Waals surface area contributed by atoms with Crippen LogP contribution in [0.4, 0.5) is 5.69 Å². The number of carbonyl (C=O) groups is 2. The van der Waals surface area contributed by atoms with Crippen LogP contribution in [0.15, 0.2) is 35.9 Å². The number of anilines is 1. The molecule has 136 valence electrons. The Kier molecular flexibility index (Phi) is 7.67. The molecule has 0 heterocycles. The van der Waals surface area contributed by atoms with E-state index in [1.165, 1.54) is 31.3 Å². The van der Waals surface area contributed by atoms with E-state index in [0.29, 0.717) is 17.8 Å². The molecule has 5 heteroatoms. The minimum atomic E-state index is -0.105. The van der Waals surface area contributed by atoms with E-state index in [9.17, 15) is 9.59 Å². The van der Waals surface area contributed by atoms with Gasteiger partial charge in [0.2, 0.25) is 5.91 Å². The van der Waals surface area contributed by atoms with E-state index >= 15 is 0 Å². The van der Waals surface area contributed by atoms with Crippen molar-refractivity contribution in [3.8, 4) is 0 Å². The lowest BCUT2D eigenvalue weighted by Gasteiger charge is -2.13. The number of hydrogen-bond acceptors (Lipinski definition) is 3. The molecular weight excluding hydrogens is 314 g/mol. The smallest absolute Gasteiger partial charge is 0.251 e. The molecule has 5 nitrogen and oxygen atoms in total. The molecule has 0 unspecified atom stereocenters. The van der Waals surface area contributed by atoms with Gasteiger partial charge in [0.25, 0.3) is 5.91 Å². The standard InChI is InChI=1S/C20H29N3O2/c1-15(2)22-20(25)17-8-10-18(11-9-17)23-19(24)14-21-13-12-16-6-4-3-5-7-16/h6,8-11,15,21H,3-5,7,12-14H2,1-2H3,(H,22,25)(H,23,24). The summed E-state index contributed by atoms with van der Waals surface area (Å²) in [5, 5.41) is 8.87. The van der Waals surface area contributed by atoms with Crippen LogP contribution in [0, 0.1) is 0 Å². The van der Waals surface area contributed by atoms with E-state index < -0.39 is 0 Å². The SMILES string of the molecule is CC(C)NC(=O)c1ccc(NC(=O)CNCCC2=CCCCC2)cc1.